The van der Waals surface area contributed by atoms with E-state index >= 15 is 0 Å². The quantitative estimate of drug-likeness (QED) is 0.662. The van der Waals surface area contributed by atoms with Gasteiger partial charge in [-0.05, 0) is 24.6 Å². The lowest BCUT2D eigenvalue weighted by molar-refractivity contribution is -0.130. The fourth-order valence-corrected chi connectivity index (χ4v) is 4.02. The van der Waals surface area contributed by atoms with E-state index in [1.165, 1.54) is 0 Å². The number of nitrogens with zero attached hydrogens (tertiary/aromatic N) is 2. The Morgan fingerprint density at radius 1 is 1.09 bits per heavy atom. The van der Waals surface area contributed by atoms with Gasteiger partial charge < -0.3 is 25.4 Å². The van der Waals surface area contributed by atoms with Crippen molar-refractivity contribution in [1.82, 2.24) is 10.2 Å². The van der Waals surface area contributed by atoms with Crippen LogP contribution in [0.1, 0.15) is 18.6 Å². The zero-order chi connectivity index (χ0) is 22.5. The molecule has 0 aromatic heterocycles. The zero-order valence-electron chi connectivity index (χ0n) is 18.7. The molecule has 178 valence electrons. The second-order valence-electron chi connectivity index (χ2n) is 8.14. The second-order valence-corrected chi connectivity index (χ2v) is 8.14. The summed E-state index contributed by atoms with van der Waals surface area (Å²) in [6.45, 7) is 5.82. The predicted molar refractivity (Wildman–Crippen MR) is 129 cm³/mol. The Morgan fingerprint density at radius 3 is 2.45 bits per heavy atom. The van der Waals surface area contributed by atoms with E-state index in [0.29, 0.717) is 37.7 Å². The number of nitrogens with one attached hydrogen (secondary N) is 1. The molecule has 2 aromatic rings. The average molecular weight is 475 g/mol. The molecule has 1 saturated heterocycles. The van der Waals surface area contributed by atoms with Crippen LogP contribution in [0.4, 0.5) is 5.69 Å². The van der Waals surface area contributed by atoms with Crippen LogP contribution < -0.4 is 20.7 Å². The van der Waals surface area contributed by atoms with E-state index in [1.54, 1.807) is 11.8 Å². The number of fused-ring (bicyclic) bond motifs is 1. The SMILES string of the molecule is C[C@H](N)C(=O)N[C@H]1C(=O)N(CCN2CCOCC2)c2ccccc2O[C@H]1c1ccccc1.Cl. The number of anilines is 1. The number of halogens is 1. The number of hydrogen-bond acceptors (Lipinski definition) is 6. The number of hydrogen-bond donors (Lipinski definition) is 2. The van der Waals surface area contributed by atoms with Gasteiger partial charge in [-0.2, -0.15) is 0 Å². The summed E-state index contributed by atoms with van der Waals surface area (Å²) in [6.07, 6.45) is -0.680. The lowest BCUT2D eigenvalue weighted by Crippen LogP contribution is -2.55. The van der Waals surface area contributed by atoms with Gasteiger partial charge in [-0.1, -0.05) is 42.5 Å². The van der Waals surface area contributed by atoms with Gasteiger partial charge >= 0.3 is 0 Å². The van der Waals surface area contributed by atoms with Crippen LogP contribution in [-0.4, -0.2) is 68.2 Å². The molecule has 2 aromatic carbocycles. The fraction of sp³-hybridized carbons (Fsp3) is 0.417. The fourth-order valence-electron chi connectivity index (χ4n) is 4.02. The number of morpholine rings is 1. The van der Waals surface area contributed by atoms with Crippen LogP contribution in [0, 0.1) is 0 Å². The van der Waals surface area contributed by atoms with E-state index in [9.17, 15) is 9.59 Å². The first-order valence-corrected chi connectivity index (χ1v) is 11.0. The van der Waals surface area contributed by atoms with Gasteiger partial charge in [-0.15, -0.1) is 12.4 Å². The molecule has 0 radical (unpaired) electrons. The second kappa shape index (κ2) is 11.5. The molecule has 2 aliphatic rings. The molecular formula is C24H31ClN4O4. The highest BCUT2D eigenvalue weighted by molar-refractivity contribution is 6.02. The lowest BCUT2D eigenvalue weighted by Gasteiger charge is -2.31. The summed E-state index contributed by atoms with van der Waals surface area (Å²) in [6, 6.07) is 15.3. The van der Waals surface area contributed by atoms with E-state index in [1.807, 2.05) is 54.6 Å². The molecule has 0 spiro atoms. The first kappa shape index (κ1) is 25.0. The number of carbonyl (C=O) groups excluding carboxylic acids is 2. The normalized spacial score (nSPS) is 21.8. The Bertz CT molecular complexity index is 937. The number of ether oxygens (including phenoxy) is 2. The molecule has 0 unspecified atom stereocenters. The number of carbonyl (C=O) groups is 2. The monoisotopic (exact) mass is 474 g/mol. The molecule has 0 aliphatic carbocycles. The van der Waals surface area contributed by atoms with E-state index in [-0.39, 0.29) is 18.3 Å². The number of benzene rings is 2. The van der Waals surface area contributed by atoms with Crippen molar-refractivity contribution in [2.24, 2.45) is 5.73 Å². The lowest BCUT2D eigenvalue weighted by atomic mass is 10.0. The standard InChI is InChI=1S/C24H30N4O4.ClH/c1-17(25)23(29)26-21-22(18-7-3-2-4-8-18)32-20-10-6-5-9-19(20)28(24(21)30)12-11-27-13-15-31-16-14-27;/h2-10,17,21-22H,11-16,25H2,1H3,(H,26,29);1H/t17-,21+,22-;/m0./s1. The number of nitrogens with two attached hydrogens (primary N) is 1. The van der Waals surface area contributed by atoms with Crippen LogP contribution in [0.5, 0.6) is 5.75 Å². The van der Waals surface area contributed by atoms with Crippen LogP contribution in [0.15, 0.2) is 54.6 Å². The molecule has 2 heterocycles. The first-order valence-electron chi connectivity index (χ1n) is 11.0. The van der Waals surface area contributed by atoms with Crippen molar-refractivity contribution in [3.63, 3.8) is 0 Å². The van der Waals surface area contributed by atoms with Crippen LogP contribution in [0.25, 0.3) is 0 Å². The Labute approximate surface area is 200 Å². The molecule has 9 heteroatoms. The van der Waals surface area contributed by atoms with Crippen LogP contribution in [0.3, 0.4) is 0 Å². The summed E-state index contributed by atoms with van der Waals surface area (Å²) >= 11 is 0. The molecule has 3 N–H and O–H groups in total. The maximum atomic E-state index is 13.9. The van der Waals surface area contributed by atoms with Gasteiger partial charge in [-0.25, -0.2) is 0 Å². The van der Waals surface area contributed by atoms with Crippen molar-refractivity contribution in [3.05, 3.63) is 60.2 Å². The van der Waals surface area contributed by atoms with Gasteiger partial charge in [0.1, 0.15) is 11.8 Å². The zero-order valence-corrected chi connectivity index (χ0v) is 19.5. The topological polar surface area (TPSA) is 97.1 Å². The van der Waals surface area contributed by atoms with Crippen molar-refractivity contribution < 1.29 is 19.1 Å². The molecule has 0 saturated carbocycles. The summed E-state index contributed by atoms with van der Waals surface area (Å²) in [5, 5.41) is 2.85. The Morgan fingerprint density at radius 2 is 1.76 bits per heavy atom. The molecular weight excluding hydrogens is 444 g/mol. The van der Waals surface area contributed by atoms with Gasteiger partial charge in [0.05, 0.1) is 24.9 Å². The molecule has 33 heavy (non-hydrogen) atoms. The van der Waals surface area contributed by atoms with E-state index < -0.39 is 24.1 Å². The minimum absolute atomic E-state index is 0. The predicted octanol–water partition coefficient (Wildman–Crippen LogP) is 1.74. The maximum Gasteiger partial charge on any atom is 0.253 e. The summed E-state index contributed by atoms with van der Waals surface area (Å²) in [5.74, 6) is -0.00717. The number of amides is 2. The third-order valence-electron chi connectivity index (χ3n) is 5.83. The van der Waals surface area contributed by atoms with Gasteiger partial charge in [-0.3, -0.25) is 14.5 Å². The van der Waals surface area contributed by atoms with Crippen molar-refractivity contribution in [2.75, 3.05) is 44.3 Å². The van der Waals surface area contributed by atoms with Crippen molar-refractivity contribution in [3.8, 4) is 5.75 Å². The summed E-state index contributed by atoms with van der Waals surface area (Å²) in [4.78, 5) is 30.4. The van der Waals surface area contributed by atoms with Gasteiger partial charge in [0.25, 0.3) is 5.91 Å². The minimum Gasteiger partial charge on any atom is -0.481 e. The largest absolute Gasteiger partial charge is 0.481 e. The maximum absolute atomic E-state index is 13.9. The van der Waals surface area contributed by atoms with Crippen LogP contribution >= 0.6 is 12.4 Å². The van der Waals surface area contributed by atoms with Crippen LogP contribution in [-0.2, 0) is 14.3 Å². The highest BCUT2D eigenvalue weighted by atomic mass is 35.5. The van der Waals surface area contributed by atoms with Gasteiger partial charge in [0.2, 0.25) is 5.91 Å². The third-order valence-corrected chi connectivity index (χ3v) is 5.83. The minimum atomic E-state index is -0.909. The van der Waals surface area contributed by atoms with Crippen molar-refractivity contribution >= 4 is 29.9 Å². The summed E-state index contributed by atoms with van der Waals surface area (Å²) in [5.41, 5.74) is 7.31. The van der Waals surface area contributed by atoms with Crippen LogP contribution in [0.2, 0.25) is 0 Å². The smallest absolute Gasteiger partial charge is 0.253 e. The van der Waals surface area contributed by atoms with E-state index in [2.05, 4.69) is 10.2 Å². The molecule has 2 aliphatic heterocycles. The Kier molecular flexibility index (Phi) is 8.68. The molecule has 1 fully saturated rings. The van der Waals surface area contributed by atoms with Crippen molar-refractivity contribution in [2.45, 2.75) is 25.1 Å². The van der Waals surface area contributed by atoms with Gasteiger partial charge in [0, 0.05) is 26.2 Å². The van der Waals surface area contributed by atoms with Crippen molar-refractivity contribution in [1.29, 1.82) is 0 Å². The molecule has 2 amide bonds. The highest BCUT2D eigenvalue weighted by Gasteiger charge is 2.40. The third kappa shape index (κ3) is 5.83. The molecule has 3 atom stereocenters. The summed E-state index contributed by atoms with van der Waals surface area (Å²) < 4.78 is 11.8. The average Bonchev–Trinajstić information content (AvgIpc) is 2.93. The highest BCUT2D eigenvalue weighted by Crippen LogP contribution is 2.37. The summed E-state index contributed by atoms with van der Waals surface area (Å²) in [7, 11) is 0. The number of rotatable bonds is 6. The Hall–Kier alpha value is -2.65. The number of para-hydroxylation sites is 2. The van der Waals surface area contributed by atoms with E-state index in [0.717, 1.165) is 18.7 Å². The molecule has 0 bridgehead atoms. The molecule has 8 nitrogen and oxygen atoms in total. The Balaban J connectivity index is 0.00000306. The van der Waals surface area contributed by atoms with E-state index in [4.69, 9.17) is 15.2 Å². The van der Waals surface area contributed by atoms with Gasteiger partial charge in [0.15, 0.2) is 6.10 Å². The molecule has 4 rings (SSSR count). The first-order chi connectivity index (χ1) is 15.5.